The topological polar surface area (TPSA) is 46.3 Å². The minimum atomic E-state index is -0.362. The second-order valence-corrected chi connectivity index (χ2v) is 7.19. The maximum atomic E-state index is 13.8. The number of carbonyl (C=O) groups is 1. The van der Waals surface area contributed by atoms with Crippen molar-refractivity contribution in [3.63, 3.8) is 0 Å². The minimum Gasteiger partial charge on any atom is -0.339 e. The van der Waals surface area contributed by atoms with Gasteiger partial charge in [0, 0.05) is 25.0 Å². The van der Waals surface area contributed by atoms with Gasteiger partial charge in [-0.3, -0.25) is 4.79 Å². The normalized spacial score (nSPS) is 18.5. The maximum absolute atomic E-state index is 13.8. The van der Waals surface area contributed by atoms with E-state index in [9.17, 15) is 9.18 Å². The third kappa shape index (κ3) is 4.92. The Balaban J connectivity index is 1.60. The van der Waals surface area contributed by atoms with Crippen molar-refractivity contribution in [2.75, 3.05) is 6.54 Å². The van der Waals surface area contributed by atoms with Crippen molar-refractivity contribution < 1.29 is 9.18 Å². The molecule has 0 bridgehead atoms. The molecular formula is C22H27FN2O. The van der Waals surface area contributed by atoms with E-state index in [1.165, 1.54) is 11.6 Å². The van der Waals surface area contributed by atoms with Gasteiger partial charge >= 0.3 is 0 Å². The molecule has 0 spiro atoms. The molecule has 1 heterocycles. The largest absolute Gasteiger partial charge is 0.339 e. The zero-order chi connectivity index (χ0) is 18.4. The second-order valence-electron chi connectivity index (χ2n) is 7.19. The van der Waals surface area contributed by atoms with Gasteiger partial charge in [-0.1, -0.05) is 48.5 Å². The van der Waals surface area contributed by atoms with Crippen LogP contribution in [-0.4, -0.2) is 29.4 Å². The Hall–Kier alpha value is -2.20. The standard InChI is InChI=1S/C22H27FN2O/c23-21-12-5-4-10-18(21)15-19(24)16-22(26)25-13-7-6-11-20(25)14-17-8-2-1-3-9-17/h1-5,8-10,12,19-20H,6-7,11,13-16,24H2/t19-,20?/m1/s1. The van der Waals surface area contributed by atoms with Gasteiger partial charge in [-0.05, 0) is 49.3 Å². The summed E-state index contributed by atoms with van der Waals surface area (Å²) in [5.74, 6) is -0.162. The van der Waals surface area contributed by atoms with E-state index in [0.717, 1.165) is 32.2 Å². The fourth-order valence-corrected chi connectivity index (χ4v) is 3.79. The van der Waals surface area contributed by atoms with Crippen LogP contribution in [-0.2, 0) is 17.6 Å². The Kier molecular flexibility index (Phi) is 6.40. The summed E-state index contributed by atoms with van der Waals surface area (Å²) in [6.07, 6.45) is 4.76. The number of hydrogen-bond acceptors (Lipinski definition) is 2. The van der Waals surface area contributed by atoms with E-state index in [0.29, 0.717) is 12.0 Å². The number of halogens is 1. The van der Waals surface area contributed by atoms with Gasteiger partial charge in [0.25, 0.3) is 0 Å². The third-order valence-corrected chi connectivity index (χ3v) is 5.14. The molecule has 0 aromatic heterocycles. The van der Waals surface area contributed by atoms with Crippen LogP contribution in [0.2, 0.25) is 0 Å². The lowest BCUT2D eigenvalue weighted by atomic mass is 9.94. The van der Waals surface area contributed by atoms with Gasteiger partial charge in [-0.15, -0.1) is 0 Å². The molecule has 1 unspecified atom stereocenters. The zero-order valence-corrected chi connectivity index (χ0v) is 15.1. The number of rotatable bonds is 6. The lowest BCUT2D eigenvalue weighted by molar-refractivity contribution is -0.135. The van der Waals surface area contributed by atoms with Crippen LogP contribution in [0.25, 0.3) is 0 Å². The maximum Gasteiger partial charge on any atom is 0.224 e. The van der Waals surface area contributed by atoms with Gasteiger partial charge in [0.1, 0.15) is 5.82 Å². The van der Waals surface area contributed by atoms with Gasteiger partial charge in [-0.25, -0.2) is 4.39 Å². The number of likely N-dealkylation sites (tertiary alicyclic amines) is 1. The number of piperidine rings is 1. The number of carbonyl (C=O) groups excluding carboxylic acids is 1. The highest BCUT2D eigenvalue weighted by Crippen LogP contribution is 2.22. The Morgan fingerprint density at radius 2 is 1.85 bits per heavy atom. The van der Waals surface area contributed by atoms with Gasteiger partial charge in [0.15, 0.2) is 0 Å². The zero-order valence-electron chi connectivity index (χ0n) is 15.1. The second kappa shape index (κ2) is 8.95. The first kappa shape index (κ1) is 18.6. The SMILES string of the molecule is N[C@@H](CC(=O)N1CCCCC1Cc1ccccc1)Cc1ccccc1F. The van der Waals surface area contributed by atoms with Crippen molar-refractivity contribution in [3.8, 4) is 0 Å². The Labute approximate surface area is 155 Å². The van der Waals surface area contributed by atoms with Crippen LogP contribution in [0.3, 0.4) is 0 Å². The van der Waals surface area contributed by atoms with E-state index >= 15 is 0 Å². The van der Waals surface area contributed by atoms with Crippen molar-refractivity contribution in [1.29, 1.82) is 0 Å². The highest BCUT2D eigenvalue weighted by molar-refractivity contribution is 5.77. The first-order valence-corrected chi connectivity index (χ1v) is 9.46. The predicted molar refractivity (Wildman–Crippen MR) is 102 cm³/mol. The molecule has 2 aromatic carbocycles. The van der Waals surface area contributed by atoms with Gasteiger partial charge < -0.3 is 10.6 Å². The highest BCUT2D eigenvalue weighted by atomic mass is 19.1. The molecule has 0 aliphatic carbocycles. The van der Waals surface area contributed by atoms with Crippen LogP contribution >= 0.6 is 0 Å². The summed E-state index contributed by atoms with van der Waals surface area (Å²) in [6.45, 7) is 0.794. The quantitative estimate of drug-likeness (QED) is 0.860. The van der Waals surface area contributed by atoms with Gasteiger partial charge in [0.05, 0.1) is 0 Å². The van der Waals surface area contributed by atoms with E-state index in [-0.39, 0.29) is 30.2 Å². The van der Waals surface area contributed by atoms with Gasteiger partial charge in [-0.2, -0.15) is 0 Å². The molecule has 138 valence electrons. The summed E-state index contributed by atoms with van der Waals surface area (Å²) in [6, 6.07) is 16.8. The van der Waals surface area contributed by atoms with Crippen molar-refractivity contribution in [3.05, 3.63) is 71.5 Å². The molecule has 3 rings (SSSR count). The molecule has 2 aromatic rings. The smallest absolute Gasteiger partial charge is 0.224 e. The van der Waals surface area contributed by atoms with E-state index in [1.807, 2.05) is 23.1 Å². The van der Waals surface area contributed by atoms with Crippen LogP contribution < -0.4 is 5.73 Å². The summed E-state index contributed by atoms with van der Waals surface area (Å²) in [4.78, 5) is 14.8. The van der Waals surface area contributed by atoms with Crippen LogP contribution in [0.15, 0.2) is 54.6 Å². The summed E-state index contributed by atoms with van der Waals surface area (Å²) < 4.78 is 13.8. The van der Waals surface area contributed by atoms with E-state index in [2.05, 4.69) is 12.1 Å². The van der Waals surface area contributed by atoms with Crippen molar-refractivity contribution in [2.24, 2.45) is 5.73 Å². The number of nitrogens with two attached hydrogens (primary N) is 1. The Morgan fingerprint density at radius 1 is 1.12 bits per heavy atom. The monoisotopic (exact) mass is 354 g/mol. The summed E-state index contributed by atoms with van der Waals surface area (Å²) in [5, 5.41) is 0. The van der Waals surface area contributed by atoms with E-state index in [4.69, 9.17) is 5.73 Å². The lowest BCUT2D eigenvalue weighted by Gasteiger charge is -2.36. The fourth-order valence-electron chi connectivity index (χ4n) is 3.79. The molecule has 0 radical (unpaired) electrons. The van der Waals surface area contributed by atoms with E-state index in [1.54, 1.807) is 18.2 Å². The Bertz CT molecular complexity index is 719. The van der Waals surface area contributed by atoms with Crippen LogP contribution in [0.1, 0.15) is 36.8 Å². The first-order chi connectivity index (χ1) is 12.6. The van der Waals surface area contributed by atoms with Crippen molar-refractivity contribution >= 4 is 5.91 Å². The molecule has 1 amide bonds. The molecule has 2 atom stereocenters. The molecule has 1 fully saturated rings. The van der Waals surface area contributed by atoms with Crippen LogP contribution in [0, 0.1) is 5.82 Å². The average molecular weight is 354 g/mol. The molecule has 1 saturated heterocycles. The molecule has 0 saturated carbocycles. The molecule has 3 nitrogen and oxygen atoms in total. The van der Waals surface area contributed by atoms with Crippen molar-refractivity contribution in [2.45, 2.75) is 50.6 Å². The lowest BCUT2D eigenvalue weighted by Crippen LogP contribution is -2.46. The molecule has 26 heavy (non-hydrogen) atoms. The average Bonchev–Trinajstić information content (AvgIpc) is 2.65. The summed E-state index contributed by atoms with van der Waals surface area (Å²) in [5.41, 5.74) is 8.00. The minimum absolute atomic E-state index is 0.0921. The Morgan fingerprint density at radius 3 is 2.62 bits per heavy atom. The first-order valence-electron chi connectivity index (χ1n) is 9.46. The number of benzene rings is 2. The molecule has 1 aliphatic heterocycles. The summed E-state index contributed by atoms with van der Waals surface area (Å²) >= 11 is 0. The van der Waals surface area contributed by atoms with Gasteiger partial charge in [0.2, 0.25) is 5.91 Å². The molecule has 4 heteroatoms. The highest BCUT2D eigenvalue weighted by Gasteiger charge is 2.27. The number of nitrogens with zero attached hydrogens (tertiary/aromatic N) is 1. The third-order valence-electron chi connectivity index (χ3n) is 5.14. The fraction of sp³-hybridized carbons (Fsp3) is 0.409. The van der Waals surface area contributed by atoms with Crippen molar-refractivity contribution in [1.82, 2.24) is 4.90 Å². The molecular weight excluding hydrogens is 327 g/mol. The summed E-state index contributed by atoms with van der Waals surface area (Å²) in [7, 11) is 0. The molecule has 2 N–H and O–H groups in total. The van der Waals surface area contributed by atoms with E-state index < -0.39 is 0 Å². The number of amides is 1. The van der Waals surface area contributed by atoms with Crippen LogP contribution in [0.4, 0.5) is 4.39 Å². The molecule has 1 aliphatic rings. The van der Waals surface area contributed by atoms with Crippen LogP contribution in [0.5, 0.6) is 0 Å². The predicted octanol–water partition coefficient (Wildman–Crippen LogP) is 3.71. The number of hydrogen-bond donors (Lipinski definition) is 1.